The van der Waals surface area contributed by atoms with Gasteiger partial charge in [0.2, 0.25) is 5.79 Å². The van der Waals surface area contributed by atoms with Crippen LogP contribution in [-0.4, -0.2) is 23.3 Å². The van der Waals surface area contributed by atoms with Crippen LogP contribution in [0.15, 0.2) is 29.8 Å². The van der Waals surface area contributed by atoms with Gasteiger partial charge in [0.1, 0.15) is 0 Å². The summed E-state index contributed by atoms with van der Waals surface area (Å²) in [6.07, 6.45) is 6.64. The number of nitrogens with zero attached hydrogens (tertiary/aromatic N) is 1. The standard InChI is InChI=1S/C19H21NO5/c1-18-15(11-19(12-24-18)9-3-2-4-10-19)16(17(21)25-18)13-5-7-14(8-6-13)20(22)23/h5-8H,2-4,9-12H2,1H3. The van der Waals surface area contributed by atoms with Gasteiger partial charge in [-0.25, -0.2) is 4.79 Å². The molecule has 0 bridgehead atoms. The van der Waals surface area contributed by atoms with E-state index in [-0.39, 0.29) is 11.1 Å². The second-order valence-electron chi connectivity index (χ2n) is 7.52. The minimum Gasteiger partial charge on any atom is -0.426 e. The van der Waals surface area contributed by atoms with Crippen molar-refractivity contribution in [2.45, 2.75) is 51.2 Å². The Kier molecular flexibility index (Phi) is 3.68. The normalized spacial score (nSPS) is 28.0. The molecule has 25 heavy (non-hydrogen) atoms. The number of ether oxygens (including phenoxy) is 2. The SMILES string of the molecule is CC12OCC3(CCCCC3)CC1=C(c1ccc([N+](=O)[O-])cc1)C(=O)O2. The second kappa shape index (κ2) is 5.66. The highest BCUT2D eigenvalue weighted by Gasteiger charge is 2.53. The lowest BCUT2D eigenvalue weighted by Crippen LogP contribution is -2.45. The first kappa shape index (κ1) is 16.3. The quantitative estimate of drug-likeness (QED) is 0.461. The molecule has 2 heterocycles. The molecule has 132 valence electrons. The van der Waals surface area contributed by atoms with E-state index in [9.17, 15) is 14.9 Å². The summed E-state index contributed by atoms with van der Waals surface area (Å²) in [5.74, 6) is -1.41. The molecule has 1 unspecified atom stereocenters. The number of carbonyl (C=O) groups excluding carboxylic acids is 1. The van der Waals surface area contributed by atoms with Gasteiger partial charge in [-0.15, -0.1) is 0 Å². The van der Waals surface area contributed by atoms with Gasteiger partial charge >= 0.3 is 5.97 Å². The van der Waals surface area contributed by atoms with E-state index in [0.29, 0.717) is 17.7 Å². The summed E-state index contributed by atoms with van der Waals surface area (Å²) in [4.78, 5) is 23.0. The molecule has 4 rings (SSSR count). The maximum atomic E-state index is 12.5. The van der Waals surface area contributed by atoms with Crippen molar-refractivity contribution in [1.29, 1.82) is 0 Å². The van der Waals surface area contributed by atoms with E-state index in [1.165, 1.54) is 31.4 Å². The molecule has 6 nitrogen and oxygen atoms in total. The van der Waals surface area contributed by atoms with Gasteiger partial charge in [-0.3, -0.25) is 10.1 Å². The lowest BCUT2D eigenvalue weighted by atomic mass is 9.68. The number of hydrogen-bond donors (Lipinski definition) is 0. The van der Waals surface area contributed by atoms with Crippen LogP contribution in [0.2, 0.25) is 0 Å². The van der Waals surface area contributed by atoms with Crippen molar-refractivity contribution in [3.05, 3.63) is 45.5 Å². The number of hydrogen-bond acceptors (Lipinski definition) is 5. The highest BCUT2D eigenvalue weighted by Crippen LogP contribution is 2.53. The summed E-state index contributed by atoms with van der Waals surface area (Å²) in [6.45, 7) is 2.42. The van der Waals surface area contributed by atoms with Crippen LogP contribution in [0.1, 0.15) is 51.0 Å². The maximum Gasteiger partial charge on any atom is 0.341 e. The number of fused-ring (bicyclic) bond motifs is 1. The number of nitro benzene ring substituents is 1. The second-order valence-corrected chi connectivity index (χ2v) is 7.52. The lowest BCUT2D eigenvalue weighted by Gasteiger charge is -2.45. The highest BCUT2D eigenvalue weighted by molar-refractivity contribution is 6.20. The Bertz CT molecular complexity index is 761. The topological polar surface area (TPSA) is 78.7 Å². The summed E-state index contributed by atoms with van der Waals surface area (Å²) in [6, 6.07) is 6.09. The van der Waals surface area contributed by atoms with Crippen LogP contribution in [0.25, 0.3) is 5.57 Å². The minimum atomic E-state index is -1.00. The van der Waals surface area contributed by atoms with E-state index in [1.54, 1.807) is 19.1 Å². The molecule has 3 aliphatic rings. The molecule has 0 radical (unpaired) electrons. The van der Waals surface area contributed by atoms with Gasteiger partial charge in [-0.2, -0.15) is 0 Å². The molecular formula is C19H21NO5. The Labute approximate surface area is 146 Å². The number of esters is 1. The molecule has 1 saturated heterocycles. The summed E-state index contributed by atoms with van der Waals surface area (Å²) >= 11 is 0. The Hall–Kier alpha value is -2.21. The van der Waals surface area contributed by atoms with Crippen LogP contribution in [0.5, 0.6) is 0 Å². The molecule has 1 saturated carbocycles. The van der Waals surface area contributed by atoms with Gasteiger partial charge < -0.3 is 9.47 Å². The fourth-order valence-electron chi connectivity index (χ4n) is 4.39. The zero-order valence-corrected chi connectivity index (χ0v) is 14.2. The van der Waals surface area contributed by atoms with E-state index in [4.69, 9.17) is 9.47 Å². The van der Waals surface area contributed by atoms with Crippen LogP contribution in [0.4, 0.5) is 5.69 Å². The summed E-state index contributed by atoms with van der Waals surface area (Å²) in [5.41, 5.74) is 2.16. The van der Waals surface area contributed by atoms with E-state index in [0.717, 1.165) is 24.8 Å². The molecule has 1 aliphatic carbocycles. The zero-order valence-electron chi connectivity index (χ0n) is 14.2. The molecule has 1 aromatic carbocycles. The fourth-order valence-corrected chi connectivity index (χ4v) is 4.39. The number of rotatable bonds is 2. The molecule has 0 aromatic heterocycles. The van der Waals surface area contributed by atoms with Gasteiger partial charge in [-0.05, 0) is 42.4 Å². The first-order chi connectivity index (χ1) is 11.9. The molecule has 6 heteroatoms. The van der Waals surface area contributed by atoms with Crippen LogP contribution in [0.3, 0.4) is 0 Å². The van der Waals surface area contributed by atoms with Crippen molar-refractivity contribution in [3.8, 4) is 0 Å². The average molecular weight is 343 g/mol. The Balaban J connectivity index is 1.75. The monoisotopic (exact) mass is 343 g/mol. The molecule has 0 N–H and O–H groups in total. The minimum absolute atomic E-state index is 0.00659. The molecule has 1 atom stereocenters. The van der Waals surface area contributed by atoms with Gasteiger partial charge in [0.15, 0.2) is 0 Å². The van der Waals surface area contributed by atoms with Gasteiger partial charge in [0, 0.05) is 24.6 Å². The fraction of sp³-hybridized carbons (Fsp3) is 0.526. The Morgan fingerprint density at radius 1 is 1.12 bits per heavy atom. The predicted octanol–water partition coefficient (Wildman–Crippen LogP) is 3.99. The molecule has 1 aromatic rings. The third-order valence-corrected chi connectivity index (χ3v) is 5.83. The van der Waals surface area contributed by atoms with Gasteiger partial charge in [0.25, 0.3) is 5.69 Å². The summed E-state index contributed by atoms with van der Waals surface area (Å²) in [7, 11) is 0. The molecule has 1 spiro atoms. The predicted molar refractivity (Wildman–Crippen MR) is 90.6 cm³/mol. The highest BCUT2D eigenvalue weighted by atomic mass is 16.7. The van der Waals surface area contributed by atoms with Gasteiger partial charge in [-0.1, -0.05) is 19.3 Å². The third-order valence-electron chi connectivity index (χ3n) is 5.83. The first-order valence-electron chi connectivity index (χ1n) is 8.78. The maximum absolute atomic E-state index is 12.5. The summed E-state index contributed by atoms with van der Waals surface area (Å²) < 4.78 is 11.6. The van der Waals surface area contributed by atoms with Crippen molar-refractivity contribution in [2.75, 3.05) is 6.61 Å². The van der Waals surface area contributed by atoms with Crippen LogP contribution >= 0.6 is 0 Å². The van der Waals surface area contributed by atoms with Crippen molar-refractivity contribution in [1.82, 2.24) is 0 Å². The van der Waals surface area contributed by atoms with Crippen LogP contribution in [0, 0.1) is 15.5 Å². The Morgan fingerprint density at radius 3 is 2.44 bits per heavy atom. The summed E-state index contributed by atoms with van der Waals surface area (Å²) in [5, 5.41) is 10.9. The number of carbonyl (C=O) groups is 1. The number of non-ortho nitro benzene ring substituents is 1. The molecule has 2 aliphatic heterocycles. The number of nitro groups is 1. The molecule has 0 amide bonds. The first-order valence-corrected chi connectivity index (χ1v) is 8.78. The van der Waals surface area contributed by atoms with Crippen LogP contribution < -0.4 is 0 Å². The molecular weight excluding hydrogens is 322 g/mol. The largest absolute Gasteiger partial charge is 0.426 e. The average Bonchev–Trinajstić information content (AvgIpc) is 2.85. The van der Waals surface area contributed by atoms with E-state index < -0.39 is 16.7 Å². The van der Waals surface area contributed by atoms with E-state index in [2.05, 4.69) is 0 Å². The third kappa shape index (κ3) is 2.65. The molecule has 2 fully saturated rings. The van der Waals surface area contributed by atoms with Crippen molar-refractivity contribution in [3.63, 3.8) is 0 Å². The van der Waals surface area contributed by atoms with Crippen molar-refractivity contribution < 1.29 is 19.2 Å². The zero-order chi connectivity index (χ0) is 17.7. The smallest absolute Gasteiger partial charge is 0.341 e. The number of benzene rings is 1. The van der Waals surface area contributed by atoms with E-state index >= 15 is 0 Å². The van der Waals surface area contributed by atoms with Crippen LogP contribution in [-0.2, 0) is 14.3 Å². The lowest BCUT2D eigenvalue weighted by molar-refractivity contribution is -0.384. The van der Waals surface area contributed by atoms with E-state index in [1.807, 2.05) is 0 Å². The van der Waals surface area contributed by atoms with Crippen molar-refractivity contribution in [2.24, 2.45) is 5.41 Å². The van der Waals surface area contributed by atoms with Gasteiger partial charge in [0.05, 0.1) is 17.1 Å². The van der Waals surface area contributed by atoms with Crippen molar-refractivity contribution >= 4 is 17.2 Å². The Morgan fingerprint density at radius 2 is 1.80 bits per heavy atom.